The predicted octanol–water partition coefficient (Wildman–Crippen LogP) is 4.36. The number of hydrogen-bond donors (Lipinski definition) is 1. The van der Waals surface area contributed by atoms with Crippen LogP contribution in [-0.2, 0) is 11.2 Å². The Morgan fingerprint density at radius 2 is 2.19 bits per heavy atom. The standard InChI is InChI=1S/C16H16ClNO2S/c1-20-13-7-8-21-16(13)15(17)11-5-6-12-10(9-11)3-2-4-14(19)18-12/h5-9,15H,2-4H2,1H3,(H,18,19). The van der Waals surface area contributed by atoms with Gasteiger partial charge in [0.15, 0.2) is 0 Å². The molecule has 3 nitrogen and oxygen atoms in total. The number of rotatable bonds is 3. The van der Waals surface area contributed by atoms with Crippen LogP contribution in [0.1, 0.15) is 34.2 Å². The number of carbonyl (C=O) groups is 1. The summed E-state index contributed by atoms with van der Waals surface area (Å²) in [6.07, 6.45) is 2.34. The molecular formula is C16H16ClNO2S. The highest BCUT2D eigenvalue weighted by Gasteiger charge is 2.20. The minimum Gasteiger partial charge on any atom is -0.496 e. The highest BCUT2D eigenvalue weighted by molar-refractivity contribution is 7.10. The number of fused-ring (bicyclic) bond motifs is 1. The van der Waals surface area contributed by atoms with E-state index in [9.17, 15) is 4.79 Å². The van der Waals surface area contributed by atoms with Crippen molar-refractivity contribution in [2.75, 3.05) is 12.4 Å². The molecule has 110 valence electrons. The van der Waals surface area contributed by atoms with Gasteiger partial charge in [-0.25, -0.2) is 0 Å². The fraction of sp³-hybridized carbons (Fsp3) is 0.312. The number of ether oxygens (including phenoxy) is 1. The Morgan fingerprint density at radius 1 is 1.33 bits per heavy atom. The SMILES string of the molecule is COc1ccsc1C(Cl)c1ccc2c(c1)CCCC(=O)N2. The molecule has 1 amide bonds. The van der Waals surface area contributed by atoms with Crippen molar-refractivity contribution in [2.45, 2.75) is 24.6 Å². The normalized spacial score (nSPS) is 15.8. The Balaban J connectivity index is 1.93. The van der Waals surface area contributed by atoms with Crippen LogP contribution < -0.4 is 10.1 Å². The van der Waals surface area contributed by atoms with Crippen LogP contribution in [-0.4, -0.2) is 13.0 Å². The summed E-state index contributed by atoms with van der Waals surface area (Å²) in [5.41, 5.74) is 3.09. The van der Waals surface area contributed by atoms with Crippen LogP contribution in [0.3, 0.4) is 0 Å². The maximum atomic E-state index is 11.6. The van der Waals surface area contributed by atoms with Crippen LogP contribution >= 0.6 is 22.9 Å². The average molecular weight is 322 g/mol. The van der Waals surface area contributed by atoms with Crippen molar-refractivity contribution in [3.05, 3.63) is 45.6 Å². The second-order valence-electron chi connectivity index (χ2n) is 5.03. The molecule has 0 spiro atoms. The number of thiophene rings is 1. The highest BCUT2D eigenvalue weighted by atomic mass is 35.5. The minimum atomic E-state index is -0.232. The first kappa shape index (κ1) is 14.4. The maximum Gasteiger partial charge on any atom is 0.224 e. The Labute approximate surface area is 132 Å². The number of nitrogens with one attached hydrogen (secondary N) is 1. The first-order chi connectivity index (χ1) is 10.2. The lowest BCUT2D eigenvalue weighted by Gasteiger charge is -2.14. The molecule has 0 radical (unpaired) electrons. The molecule has 5 heteroatoms. The summed E-state index contributed by atoms with van der Waals surface area (Å²) < 4.78 is 5.34. The average Bonchev–Trinajstić information content (AvgIpc) is 2.88. The molecule has 1 aliphatic rings. The fourth-order valence-electron chi connectivity index (χ4n) is 2.57. The van der Waals surface area contributed by atoms with E-state index in [4.69, 9.17) is 16.3 Å². The highest BCUT2D eigenvalue weighted by Crippen LogP contribution is 2.40. The topological polar surface area (TPSA) is 38.3 Å². The minimum absolute atomic E-state index is 0.0869. The van der Waals surface area contributed by atoms with Gasteiger partial charge in [-0.2, -0.15) is 0 Å². The van der Waals surface area contributed by atoms with Crippen molar-refractivity contribution in [1.29, 1.82) is 0 Å². The Morgan fingerprint density at radius 3 is 3.00 bits per heavy atom. The van der Waals surface area contributed by atoms with Gasteiger partial charge in [0.2, 0.25) is 5.91 Å². The molecule has 0 bridgehead atoms. The fourth-order valence-corrected chi connectivity index (χ4v) is 3.83. The van der Waals surface area contributed by atoms with Crippen molar-refractivity contribution in [2.24, 2.45) is 0 Å². The monoisotopic (exact) mass is 321 g/mol. The van der Waals surface area contributed by atoms with E-state index in [-0.39, 0.29) is 11.3 Å². The summed E-state index contributed by atoms with van der Waals surface area (Å²) in [6, 6.07) is 7.95. The third-order valence-corrected chi connectivity index (χ3v) is 5.22. The zero-order valence-corrected chi connectivity index (χ0v) is 13.3. The second kappa shape index (κ2) is 6.08. The van der Waals surface area contributed by atoms with Gasteiger partial charge in [-0.05, 0) is 41.5 Å². The first-order valence-corrected chi connectivity index (χ1v) is 8.19. The lowest BCUT2D eigenvalue weighted by atomic mass is 10.0. The molecule has 0 fully saturated rings. The molecule has 1 atom stereocenters. The van der Waals surface area contributed by atoms with Gasteiger partial charge >= 0.3 is 0 Å². The molecule has 2 heterocycles. The van der Waals surface area contributed by atoms with E-state index in [1.807, 2.05) is 23.6 Å². The Kier molecular flexibility index (Phi) is 4.17. The lowest BCUT2D eigenvalue weighted by molar-refractivity contribution is -0.116. The van der Waals surface area contributed by atoms with Gasteiger partial charge in [0, 0.05) is 12.1 Å². The van der Waals surface area contributed by atoms with Gasteiger partial charge in [0.05, 0.1) is 17.4 Å². The number of hydrogen-bond acceptors (Lipinski definition) is 3. The summed E-state index contributed by atoms with van der Waals surface area (Å²) in [6.45, 7) is 0. The number of halogens is 1. The largest absolute Gasteiger partial charge is 0.496 e. The van der Waals surface area contributed by atoms with Crippen LogP contribution in [0, 0.1) is 0 Å². The number of anilines is 1. The van der Waals surface area contributed by atoms with Gasteiger partial charge in [-0.1, -0.05) is 12.1 Å². The molecule has 1 aromatic carbocycles. The van der Waals surface area contributed by atoms with Crippen molar-refractivity contribution >= 4 is 34.5 Å². The molecule has 1 N–H and O–H groups in total. The summed E-state index contributed by atoms with van der Waals surface area (Å²) in [5, 5.41) is 4.69. The van der Waals surface area contributed by atoms with Crippen LogP contribution in [0.4, 0.5) is 5.69 Å². The number of carbonyl (C=O) groups excluding carboxylic acids is 1. The summed E-state index contributed by atoms with van der Waals surface area (Å²) in [5.74, 6) is 0.909. The molecule has 0 aliphatic carbocycles. The van der Waals surface area contributed by atoms with E-state index in [2.05, 4.69) is 11.4 Å². The van der Waals surface area contributed by atoms with Gasteiger partial charge in [-0.3, -0.25) is 4.79 Å². The molecule has 0 saturated carbocycles. The molecule has 1 aliphatic heterocycles. The van der Waals surface area contributed by atoms with E-state index in [1.165, 1.54) is 0 Å². The molecule has 3 rings (SSSR count). The van der Waals surface area contributed by atoms with E-state index in [0.717, 1.165) is 40.3 Å². The van der Waals surface area contributed by atoms with Crippen molar-refractivity contribution in [1.82, 2.24) is 0 Å². The van der Waals surface area contributed by atoms with Crippen LogP contribution in [0.2, 0.25) is 0 Å². The van der Waals surface area contributed by atoms with Gasteiger partial charge in [0.1, 0.15) is 5.75 Å². The number of aryl methyl sites for hydroxylation is 1. The summed E-state index contributed by atoms with van der Waals surface area (Å²) in [4.78, 5) is 12.6. The molecule has 0 saturated heterocycles. The number of methoxy groups -OCH3 is 1. The Bertz CT molecular complexity index is 668. The number of benzene rings is 1. The molecule has 2 aromatic rings. The lowest BCUT2D eigenvalue weighted by Crippen LogP contribution is -2.09. The smallest absolute Gasteiger partial charge is 0.224 e. The zero-order chi connectivity index (χ0) is 14.8. The van der Waals surface area contributed by atoms with Gasteiger partial charge in [0.25, 0.3) is 0 Å². The third-order valence-electron chi connectivity index (χ3n) is 3.65. The Hall–Kier alpha value is -1.52. The molecule has 21 heavy (non-hydrogen) atoms. The van der Waals surface area contributed by atoms with Crippen molar-refractivity contribution < 1.29 is 9.53 Å². The van der Waals surface area contributed by atoms with Gasteiger partial charge in [-0.15, -0.1) is 22.9 Å². The van der Waals surface area contributed by atoms with E-state index in [0.29, 0.717) is 6.42 Å². The first-order valence-electron chi connectivity index (χ1n) is 6.87. The molecule has 1 aromatic heterocycles. The number of amides is 1. The maximum absolute atomic E-state index is 11.6. The van der Waals surface area contributed by atoms with E-state index >= 15 is 0 Å². The van der Waals surface area contributed by atoms with Gasteiger partial charge < -0.3 is 10.1 Å². The van der Waals surface area contributed by atoms with E-state index in [1.54, 1.807) is 18.4 Å². The zero-order valence-electron chi connectivity index (χ0n) is 11.7. The second-order valence-corrected chi connectivity index (χ2v) is 6.42. The van der Waals surface area contributed by atoms with Crippen molar-refractivity contribution in [3.8, 4) is 5.75 Å². The van der Waals surface area contributed by atoms with Crippen LogP contribution in [0.25, 0.3) is 0 Å². The number of alkyl halides is 1. The third kappa shape index (κ3) is 2.92. The molecular weight excluding hydrogens is 306 g/mol. The molecule has 1 unspecified atom stereocenters. The van der Waals surface area contributed by atoms with Crippen LogP contribution in [0.5, 0.6) is 5.75 Å². The predicted molar refractivity (Wildman–Crippen MR) is 86.6 cm³/mol. The quantitative estimate of drug-likeness (QED) is 0.853. The van der Waals surface area contributed by atoms with E-state index < -0.39 is 0 Å². The van der Waals surface area contributed by atoms with Crippen LogP contribution in [0.15, 0.2) is 29.6 Å². The summed E-state index contributed by atoms with van der Waals surface area (Å²) >= 11 is 8.20. The van der Waals surface area contributed by atoms with Crippen molar-refractivity contribution in [3.63, 3.8) is 0 Å². The summed E-state index contributed by atoms with van der Waals surface area (Å²) in [7, 11) is 1.65.